The van der Waals surface area contributed by atoms with E-state index in [-0.39, 0.29) is 11.3 Å². The molecule has 110 valence electrons. The van der Waals surface area contributed by atoms with Crippen LogP contribution < -0.4 is 11.2 Å². The molecule has 21 heavy (non-hydrogen) atoms. The van der Waals surface area contributed by atoms with Gasteiger partial charge in [-0.15, -0.1) is 0 Å². The van der Waals surface area contributed by atoms with Gasteiger partial charge in [0.25, 0.3) is 5.56 Å². The Morgan fingerprint density at radius 1 is 1.24 bits per heavy atom. The molecule has 0 aliphatic heterocycles. The highest BCUT2D eigenvalue weighted by Gasteiger charge is 2.06. The molecule has 1 N–H and O–H groups in total. The van der Waals surface area contributed by atoms with Gasteiger partial charge in [-0.2, -0.15) is 0 Å². The van der Waals surface area contributed by atoms with E-state index in [0.29, 0.717) is 30.5 Å². The van der Waals surface area contributed by atoms with Gasteiger partial charge in [-0.3, -0.25) is 14.6 Å². The molecule has 0 atom stereocenters. The lowest BCUT2D eigenvalue weighted by Gasteiger charge is -2.05. The Morgan fingerprint density at radius 3 is 2.57 bits per heavy atom. The van der Waals surface area contributed by atoms with Crippen LogP contribution in [0.15, 0.2) is 44.5 Å². The fourth-order valence-corrected chi connectivity index (χ4v) is 2.24. The predicted molar refractivity (Wildman–Crippen MR) is 83.8 cm³/mol. The number of hydrogen-bond acceptors (Lipinski definition) is 3. The van der Waals surface area contributed by atoms with E-state index in [2.05, 4.69) is 20.9 Å². The van der Waals surface area contributed by atoms with Crippen LogP contribution in [0.4, 0.5) is 0 Å². The minimum Gasteiger partial charge on any atom is -0.300 e. The Labute approximate surface area is 129 Å². The molecule has 0 radical (unpaired) electrons. The van der Waals surface area contributed by atoms with Gasteiger partial charge in [0.2, 0.25) is 0 Å². The lowest BCUT2D eigenvalue weighted by molar-refractivity contribution is 0.0978. The number of carbonyl (C=O) groups is 1. The van der Waals surface area contributed by atoms with E-state index in [1.807, 2.05) is 12.1 Å². The first kappa shape index (κ1) is 15.4. The van der Waals surface area contributed by atoms with E-state index in [4.69, 9.17) is 0 Å². The average Bonchev–Trinajstić information content (AvgIpc) is 2.45. The number of nitrogens with zero attached hydrogens (tertiary/aromatic N) is 1. The molecule has 0 bridgehead atoms. The van der Waals surface area contributed by atoms with Crippen molar-refractivity contribution in [2.45, 2.75) is 26.3 Å². The molecule has 0 saturated carbocycles. The number of Topliss-reactive ketones (excluding diaryl/α,β-unsaturated/α-hetero) is 1. The zero-order valence-corrected chi connectivity index (χ0v) is 13.1. The van der Waals surface area contributed by atoms with Crippen LogP contribution in [0.2, 0.25) is 0 Å². The number of H-pyrrole nitrogens is 1. The number of ketones is 1. The van der Waals surface area contributed by atoms with Gasteiger partial charge in [0.05, 0.1) is 0 Å². The molecule has 0 saturated heterocycles. The Hall–Kier alpha value is -1.95. The second-order valence-corrected chi connectivity index (χ2v) is 5.71. The first-order chi connectivity index (χ1) is 9.97. The van der Waals surface area contributed by atoms with Crippen molar-refractivity contribution < 1.29 is 4.79 Å². The van der Waals surface area contributed by atoms with Gasteiger partial charge < -0.3 is 4.57 Å². The zero-order valence-electron chi connectivity index (χ0n) is 11.6. The largest absolute Gasteiger partial charge is 0.328 e. The van der Waals surface area contributed by atoms with Gasteiger partial charge in [0.15, 0.2) is 5.78 Å². The van der Waals surface area contributed by atoms with Crippen molar-refractivity contribution in [3.05, 3.63) is 66.9 Å². The zero-order chi connectivity index (χ0) is 15.4. The van der Waals surface area contributed by atoms with E-state index < -0.39 is 5.69 Å². The first-order valence-corrected chi connectivity index (χ1v) is 7.36. The van der Waals surface area contributed by atoms with Crippen molar-refractivity contribution in [2.24, 2.45) is 0 Å². The van der Waals surface area contributed by atoms with Crippen LogP contribution in [0.3, 0.4) is 0 Å². The maximum atomic E-state index is 12.0. The number of rotatable bonds is 5. The Bertz CT molecular complexity index is 760. The van der Waals surface area contributed by atoms with Crippen molar-refractivity contribution in [3.8, 4) is 0 Å². The summed E-state index contributed by atoms with van der Waals surface area (Å²) in [5.74, 6) is 0.0386. The summed E-state index contributed by atoms with van der Waals surface area (Å²) in [5, 5.41) is 0. The van der Waals surface area contributed by atoms with Gasteiger partial charge in [0.1, 0.15) is 0 Å². The van der Waals surface area contributed by atoms with E-state index in [1.165, 1.54) is 10.8 Å². The lowest BCUT2D eigenvalue weighted by atomic mass is 10.1. The molecule has 0 aliphatic rings. The third-order valence-electron chi connectivity index (χ3n) is 3.16. The summed E-state index contributed by atoms with van der Waals surface area (Å²) >= 11 is 3.32. The summed E-state index contributed by atoms with van der Waals surface area (Å²) in [6.45, 7) is 2.04. The molecule has 1 heterocycles. The number of benzene rings is 1. The monoisotopic (exact) mass is 350 g/mol. The molecule has 0 fully saturated rings. The van der Waals surface area contributed by atoms with Gasteiger partial charge in [-0.1, -0.05) is 28.1 Å². The van der Waals surface area contributed by atoms with Crippen molar-refractivity contribution in [1.82, 2.24) is 9.55 Å². The van der Waals surface area contributed by atoms with E-state index in [0.717, 1.165) is 4.47 Å². The maximum Gasteiger partial charge on any atom is 0.328 e. The maximum absolute atomic E-state index is 12.0. The third kappa shape index (κ3) is 4.01. The number of carbonyl (C=O) groups excluding carboxylic acids is 1. The van der Waals surface area contributed by atoms with Crippen LogP contribution in [0, 0.1) is 6.92 Å². The second kappa shape index (κ2) is 6.67. The average molecular weight is 351 g/mol. The molecule has 2 rings (SSSR count). The summed E-state index contributed by atoms with van der Waals surface area (Å²) in [4.78, 5) is 37.1. The normalized spacial score (nSPS) is 10.6. The van der Waals surface area contributed by atoms with E-state index in [1.54, 1.807) is 19.1 Å². The van der Waals surface area contributed by atoms with E-state index in [9.17, 15) is 14.4 Å². The molecule has 0 spiro atoms. The predicted octanol–water partition coefficient (Wildman–Crippen LogP) is 2.27. The van der Waals surface area contributed by atoms with Crippen LogP contribution >= 0.6 is 15.9 Å². The first-order valence-electron chi connectivity index (χ1n) is 6.56. The lowest BCUT2D eigenvalue weighted by Crippen LogP contribution is -2.30. The molecule has 2 aromatic rings. The number of hydrogen-bond donors (Lipinski definition) is 1. The quantitative estimate of drug-likeness (QED) is 0.840. The third-order valence-corrected chi connectivity index (χ3v) is 3.69. The highest BCUT2D eigenvalue weighted by atomic mass is 79.9. The fraction of sp³-hybridized carbons (Fsp3) is 0.267. The number of aryl methyl sites for hydroxylation is 2. The molecular formula is C15H15BrN2O3. The summed E-state index contributed by atoms with van der Waals surface area (Å²) in [5.41, 5.74) is 0.320. The Balaban J connectivity index is 1.97. The Morgan fingerprint density at radius 2 is 1.90 bits per heavy atom. The summed E-state index contributed by atoms with van der Waals surface area (Å²) in [6.07, 6.45) is 2.41. The summed E-state index contributed by atoms with van der Waals surface area (Å²) in [7, 11) is 0. The molecule has 0 amide bonds. The number of aromatic amines is 1. The number of halogens is 1. The van der Waals surface area contributed by atoms with Gasteiger partial charge >= 0.3 is 5.69 Å². The Kier molecular flexibility index (Phi) is 4.90. The molecule has 0 unspecified atom stereocenters. The van der Waals surface area contributed by atoms with Crippen LogP contribution in [0.1, 0.15) is 28.8 Å². The van der Waals surface area contributed by atoms with Crippen LogP contribution in [0.5, 0.6) is 0 Å². The number of aromatic nitrogens is 2. The van der Waals surface area contributed by atoms with Crippen molar-refractivity contribution in [2.75, 3.05) is 0 Å². The highest BCUT2D eigenvalue weighted by molar-refractivity contribution is 9.10. The molecule has 1 aromatic heterocycles. The van der Waals surface area contributed by atoms with Gasteiger partial charge in [0, 0.05) is 34.8 Å². The van der Waals surface area contributed by atoms with Crippen molar-refractivity contribution >= 4 is 21.7 Å². The molecule has 0 aliphatic carbocycles. The number of nitrogens with one attached hydrogen (secondary N) is 1. The summed E-state index contributed by atoms with van der Waals surface area (Å²) in [6, 6.07) is 7.18. The molecular weight excluding hydrogens is 336 g/mol. The topological polar surface area (TPSA) is 71.9 Å². The standard InChI is InChI=1S/C15H15BrN2O3/c1-10-9-18(15(21)17-14(10)20)8-2-3-13(19)11-4-6-12(16)7-5-11/h4-7,9H,2-3,8H2,1H3,(H,17,20,21). The van der Waals surface area contributed by atoms with Crippen LogP contribution in [-0.2, 0) is 6.54 Å². The molecule has 1 aromatic carbocycles. The summed E-state index contributed by atoms with van der Waals surface area (Å²) < 4.78 is 2.35. The minimum absolute atomic E-state index is 0.0386. The van der Waals surface area contributed by atoms with Gasteiger partial charge in [-0.25, -0.2) is 4.79 Å². The second-order valence-electron chi connectivity index (χ2n) is 4.80. The van der Waals surface area contributed by atoms with Crippen LogP contribution in [-0.4, -0.2) is 15.3 Å². The molecule has 5 nitrogen and oxygen atoms in total. The van der Waals surface area contributed by atoms with Gasteiger partial charge in [-0.05, 0) is 25.5 Å². The van der Waals surface area contributed by atoms with Crippen molar-refractivity contribution in [3.63, 3.8) is 0 Å². The van der Waals surface area contributed by atoms with Crippen molar-refractivity contribution in [1.29, 1.82) is 0 Å². The molecule has 6 heteroatoms. The minimum atomic E-state index is -0.443. The van der Waals surface area contributed by atoms with Crippen LogP contribution in [0.25, 0.3) is 0 Å². The smallest absolute Gasteiger partial charge is 0.300 e. The highest BCUT2D eigenvalue weighted by Crippen LogP contribution is 2.12. The fourth-order valence-electron chi connectivity index (χ4n) is 1.97. The van der Waals surface area contributed by atoms with E-state index >= 15 is 0 Å². The SMILES string of the molecule is Cc1cn(CCCC(=O)c2ccc(Br)cc2)c(=O)[nH]c1=O.